The summed E-state index contributed by atoms with van der Waals surface area (Å²) in [5, 5.41) is 1.32. The molecule has 16 heavy (non-hydrogen) atoms. The summed E-state index contributed by atoms with van der Waals surface area (Å²) in [7, 11) is 0. The Balaban J connectivity index is 2.24. The van der Waals surface area contributed by atoms with Crippen molar-refractivity contribution < 1.29 is 9.63 Å². The molecule has 1 aliphatic rings. The summed E-state index contributed by atoms with van der Waals surface area (Å²) in [6.45, 7) is 4.07. The molecule has 1 amide bonds. The lowest BCUT2D eigenvalue weighted by molar-refractivity contribution is -0.119. The fourth-order valence-corrected chi connectivity index (χ4v) is 1.71. The number of rotatable bonds is 2. The van der Waals surface area contributed by atoms with E-state index in [1.54, 1.807) is 12.1 Å². The molecule has 0 aliphatic carbocycles. The fourth-order valence-electron chi connectivity index (χ4n) is 1.71. The lowest BCUT2D eigenvalue weighted by atomic mass is 10.1. The summed E-state index contributed by atoms with van der Waals surface area (Å²) in [4.78, 5) is 17.4. The van der Waals surface area contributed by atoms with E-state index in [2.05, 4.69) is 0 Å². The molecule has 4 nitrogen and oxygen atoms in total. The average molecular weight is 220 g/mol. The summed E-state index contributed by atoms with van der Waals surface area (Å²) in [5.74, 6) is 0.287. The third-order valence-electron chi connectivity index (χ3n) is 2.74. The number of carbonyl (C=O) groups excluding carboxylic acids is 1. The Labute approximate surface area is 94.9 Å². The van der Waals surface area contributed by atoms with Crippen molar-refractivity contribution in [3.63, 3.8) is 0 Å². The normalized spacial score (nSPS) is 20.8. The van der Waals surface area contributed by atoms with Crippen LogP contribution in [0, 0.1) is 5.92 Å². The van der Waals surface area contributed by atoms with E-state index in [0.717, 1.165) is 0 Å². The van der Waals surface area contributed by atoms with E-state index in [-0.39, 0.29) is 12.0 Å². The van der Waals surface area contributed by atoms with Crippen LogP contribution in [0.4, 0.5) is 11.4 Å². The lowest BCUT2D eigenvalue weighted by Crippen LogP contribution is -2.24. The third-order valence-corrected chi connectivity index (χ3v) is 2.74. The van der Waals surface area contributed by atoms with Crippen molar-refractivity contribution in [1.82, 2.24) is 0 Å². The van der Waals surface area contributed by atoms with Crippen molar-refractivity contribution in [2.75, 3.05) is 10.8 Å². The Morgan fingerprint density at radius 2 is 2.12 bits per heavy atom. The third kappa shape index (κ3) is 1.88. The highest BCUT2D eigenvalue weighted by atomic mass is 16.7. The zero-order chi connectivity index (χ0) is 11.7. The van der Waals surface area contributed by atoms with Crippen LogP contribution in [0.15, 0.2) is 24.3 Å². The molecule has 4 heteroatoms. The number of carbonyl (C=O) groups is 1. The minimum atomic E-state index is -0.0490. The average Bonchev–Trinajstić information content (AvgIpc) is 2.61. The highest BCUT2D eigenvalue weighted by Gasteiger charge is 2.34. The van der Waals surface area contributed by atoms with Crippen LogP contribution < -0.4 is 10.8 Å². The number of para-hydroxylation sites is 2. The smallest absolute Gasteiger partial charge is 0.253 e. The Hall–Kier alpha value is -1.55. The second-order valence-corrected chi connectivity index (χ2v) is 4.34. The van der Waals surface area contributed by atoms with Gasteiger partial charge in [0, 0.05) is 0 Å². The number of nitrogen functional groups attached to an aromatic ring is 1. The highest BCUT2D eigenvalue weighted by Crippen LogP contribution is 2.30. The lowest BCUT2D eigenvalue weighted by Gasteiger charge is -2.19. The molecular weight excluding hydrogens is 204 g/mol. The number of amides is 1. The van der Waals surface area contributed by atoms with Crippen molar-refractivity contribution in [2.24, 2.45) is 5.92 Å². The summed E-state index contributed by atoms with van der Waals surface area (Å²) >= 11 is 0. The SMILES string of the molecule is CC(C)C1CC(=O)N(c2ccccc2N)O1. The van der Waals surface area contributed by atoms with Gasteiger partial charge in [-0.15, -0.1) is 0 Å². The molecule has 0 radical (unpaired) electrons. The van der Waals surface area contributed by atoms with Crippen LogP contribution in [-0.4, -0.2) is 12.0 Å². The maximum absolute atomic E-state index is 11.8. The number of nitrogens with two attached hydrogens (primary N) is 1. The highest BCUT2D eigenvalue weighted by molar-refractivity contribution is 5.96. The first kappa shape index (κ1) is 11.0. The quantitative estimate of drug-likeness (QED) is 0.775. The Morgan fingerprint density at radius 3 is 2.69 bits per heavy atom. The van der Waals surface area contributed by atoms with Gasteiger partial charge in [0.2, 0.25) is 0 Å². The largest absolute Gasteiger partial charge is 0.397 e. The van der Waals surface area contributed by atoms with Crippen LogP contribution in [-0.2, 0) is 9.63 Å². The molecule has 0 aromatic heterocycles. The van der Waals surface area contributed by atoms with E-state index in [4.69, 9.17) is 10.6 Å². The number of benzene rings is 1. The second-order valence-electron chi connectivity index (χ2n) is 4.34. The minimum absolute atomic E-state index is 0.0309. The molecular formula is C12H16N2O2. The van der Waals surface area contributed by atoms with Gasteiger partial charge in [0.1, 0.15) is 0 Å². The molecule has 1 unspecified atom stereocenters. The zero-order valence-electron chi connectivity index (χ0n) is 9.51. The van der Waals surface area contributed by atoms with E-state index in [9.17, 15) is 4.79 Å². The molecule has 86 valence electrons. The monoisotopic (exact) mass is 220 g/mol. The van der Waals surface area contributed by atoms with Crippen LogP contribution >= 0.6 is 0 Å². The Kier molecular flexibility index (Phi) is 2.83. The van der Waals surface area contributed by atoms with Gasteiger partial charge in [-0.1, -0.05) is 26.0 Å². The number of anilines is 2. The molecule has 0 bridgehead atoms. The van der Waals surface area contributed by atoms with Crippen LogP contribution in [0.3, 0.4) is 0 Å². The maximum Gasteiger partial charge on any atom is 0.253 e. The van der Waals surface area contributed by atoms with Crippen LogP contribution in [0.1, 0.15) is 20.3 Å². The van der Waals surface area contributed by atoms with E-state index < -0.39 is 0 Å². The number of hydrogen-bond donors (Lipinski definition) is 1. The Bertz CT molecular complexity index is 404. The molecule has 1 fully saturated rings. The minimum Gasteiger partial charge on any atom is -0.397 e. The summed E-state index contributed by atoms with van der Waals surface area (Å²) in [5.41, 5.74) is 7.00. The second kappa shape index (κ2) is 4.14. The van der Waals surface area contributed by atoms with Gasteiger partial charge in [0.25, 0.3) is 5.91 Å². The molecule has 1 atom stereocenters. The molecule has 1 aromatic carbocycles. The van der Waals surface area contributed by atoms with Gasteiger partial charge in [0.15, 0.2) is 0 Å². The summed E-state index contributed by atoms with van der Waals surface area (Å²) in [6.07, 6.45) is 0.374. The number of nitrogens with zero attached hydrogens (tertiary/aromatic N) is 1. The van der Waals surface area contributed by atoms with Gasteiger partial charge < -0.3 is 5.73 Å². The van der Waals surface area contributed by atoms with E-state index in [1.807, 2.05) is 26.0 Å². The first-order valence-electron chi connectivity index (χ1n) is 5.44. The first-order chi connectivity index (χ1) is 7.59. The summed E-state index contributed by atoms with van der Waals surface area (Å²) in [6, 6.07) is 7.22. The van der Waals surface area contributed by atoms with Gasteiger partial charge >= 0.3 is 0 Å². The number of hydroxylamine groups is 1. The van der Waals surface area contributed by atoms with E-state index >= 15 is 0 Å². The molecule has 2 rings (SSSR count). The maximum atomic E-state index is 11.8. The van der Waals surface area contributed by atoms with Crippen LogP contribution in [0.5, 0.6) is 0 Å². The molecule has 2 N–H and O–H groups in total. The predicted octanol–water partition coefficient (Wildman–Crippen LogP) is 1.96. The van der Waals surface area contributed by atoms with Crippen molar-refractivity contribution in [1.29, 1.82) is 0 Å². The molecule has 1 aliphatic heterocycles. The molecule has 1 aromatic rings. The topological polar surface area (TPSA) is 55.6 Å². The van der Waals surface area contributed by atoms with Gasteiger partial charge in [-0.25, -0.2) is 0 Å². The van der Waals surface area contributed by atoms with Crippen molar-refractivity contribution in [3.05, 3.63) is 24.3 Å². The van der Waals surface area contributed by atoms with Crippen molar-refractivity contribution in [3.8, 4) is 0 Å². The van der Waals surface area contributed by atoms with Crippen LogP contribution in [0.25, 0.3) is 0 Å². The van der Waals surface area contributed by atoms with Gasteiger partial charge in [0.05, 0.1) is 23.9 Å². The predicted molar refractivity (Wildman–Crippen MR) is 62.7 cm³/mol. The van der Waals surface area contributed by atoms with Crippen molar-refractivity contribution in [2.45, 2.75) is 26.4 Å². The standard InChI is InChI=1S/C12H16N2O2/c1-8(2)11-7-12(15)14(16-11)10-6-4-3-5-9(10)13/h3-6,8,11H,7,13H2,1-2H3. The molecule has 0 spiro atoms. The van der Waals surface area contributed by atoms with Gasteiger partial charge in [-0.05, 0) is 18.1 Å². The van der Waals surface area contributed by atoms with Crippen LogP contribution in [0.2, 0.25) is 0 Å². The molecule has 0 saturated carbocycles. The molecule has 1 heterocycles. The van der Waals surface area contributed by atoms with E-state index in [0.29, 0.717) is 23.7 Å². The number of hydrogen-bond acceptors (Lipinski definition) is 3. The zero-order valence-corrected chi connectivity index (χ0v) is 9.51. The van der Waals surface area contributed by atoms with Crippen molar-refractivity contribution >= 4 is 17.3 Å². The van der Waals surface area contributed by atoms with E-state index in [1.165, 1.54) is 5.06 Å². The van der Waals surface area contributed by atoms with Gasteiger partial charge in [-0.2, -0.15) is 5.06 Å². The first-order valence-corrected chi connectivity index (χ1v) is 5.44. The Morgan fingerprint density at radius 1 is 1.44 bits per heavy atom. The summed E-state index contributed by atoms with van der Waals surface area (Å²) < 4.78 is 0. The fraction of sp³-hybridized carbons (Fsp3) is 0.417. The van der Waals surface area contributed by atoms with Gasteiger partial charge in [-0.3, -0.25) is 9.63 Å². The molecule has 1 saturated heterocycles.